The molecule has 3 rings (SSSR count). The summed E-state index contributed by atoms with van der Waals surface area (Å²) in [5.41, 5.74) is 4.10. The van der Waals surface area contributed by atoms with Crippen molar-refractivity contribution in [1.29, 1.82) is 5.26 Å². The molecule has 0 atom stereocenters. The van der Waals surface area contributed by atoms with Crippen molar-refractivity contribution in [2.45, 2.75) is 77.8 Å². The number of hydrogen-bond acceptors (Lipinski definition) is 3. The fourth-order valence-electron chi connectivity index (χ4n) is 4.67. The number of nitriles is 1. The lowest BCUT2D eigenvalue weighted by Gasteiger charge is -2.43. The van der Waals surface area contributed by atoms with Crippen LogP contribution in [0.5, 0.6) is 0 Å². The minimum absolute atomic E-state index is 0.0918. The second-order valence-electron chi connectivity index (χ2n) is 9.00. The van der Waals surface area contributed by atoms with E-state index in [1.54, 1.807) is 6.08 Å². The van der Waals surface area contributed by atoms with Crippen LogP contribution >= 0.6 is 11.6 Å². The van der Waals surface area contributed by atoms with Crippen LogP contribution in [-0.2, 0) is 4.79 Å². The van der Waals surface area contributed by atoms with E-state index in [9.17, 15) is 10.1 Å². The minimum atomic E-state index is -0.306. The second kappa shape index (κ2) is 9.27. The number of nitrogens with one attached hydrogen (secondary N) is 1. The number of carbonyl (C=O) groups is 1. The van der Waals surface area contributed by atoms with E-state index in [1.165, 1.54) is 12.0 Å². The van der Waals surface area contributed by atoms with E-state index in [0.717, 1.165) is 49.9 Å². The number of hydrogen-bond donors (Lipinski definition) is 1. The van der Waals surface area contributed by atoms with Crippen molar-refractivity contribution in [3.63, 3.8) is 0 Å². The summed E-state index contributed by atoms with van der Waals surface area (Å²) in [6.07, 6.45) is 10.4. The molecule has 1 aromatic rings. The van der Waals surface area contributed by atoms with Crippen molar-refractivity contribution >= 4 is 34.8 Å². The third-order valence-corrected chi connectivity index (χ3v) is 6.48. The summed E-state index contributed by atoms with van der Waals surface area (Å²) in [7, 11) is 0. The first kappa shape index (κ1) is 22.4. The van der Waals surface area contributed by atoms with Gasteiger partial charge < -0.3 is 10.2 Å². The van der Waals surface area contributed by atoms with E-state index < -0.39 is 0 Å². The Morgan fingerprint density at radius 1 is 1.33 bits per heavy atom. The molecular formula is C25H32ClN3O. The van der Waals surface area contributed by atoms with Crippen molar-refractivity contribution in [3.8, 4) is 6.07 Å². The molecule has 0 radical (unpaired) electrons. The van der Waals surface area contributed by atoms with Crippen LogP contribution in [0.2, 0.25) is 5.02 Å². The second-order valence-corrected chi connectivity index (χ2v) is 9.41. The van der Waals surface area contributed by atoms with Gasteiger partial charge in [0.2, 0.25) is 0 Å². The highest BCUT2D eigenvalue weighted by atomic mass is 35.5. The zero-order valence-electron chi connectivity index (χ0n) is 18.5. The molecule has 1 aliphatic heterocycles. The van der Waals surface area contributed by atoms with Gasteiger partial charge in [0.05, 0.1) is 5.54 Å². The molecule has 1 aliphatic carbocycles. The molecule has 1 aromatic carbocycles. The summed E-state index contributed by atoms with van der Waals surface area (Å²) >= 11 is 6.63. The third-order valence-electron chi connectivity index (χ3n) is 6.15. The first-order valence-corrected chi connectivity index (χ1v) is 11.4. The number of allylic oxidation sites excluding steroid dienone is 1. The molecular weight excluding hydrogens is 394 g/mol. The van der Waals surface area contributed by atoms with Crippen molar-refractivity contribution in [2.24, 2.45) is 0 Å². The molecule has 1 saturated carbocycles. The Labute approximate surface area is 185 Å². The Morgan fingerprint density at radius 3 is 2.67 bits per heavy atom. The predicted molar refractivity (Wildman–Crippen MR) is 125 cm³/mol. The van der Waals surface area contributed by atoms with Crippen LogP contribution in [0, 0.1) is 11.3 Å². The fraction of sp³-hybridized carbons (Fsp3) is 0.520. The summed E-state index contributed by atoms with van der Waals surface area (Å²) in [4.78, 5) is 15.0. The SMILES string of the molecule is CCCN1c2cc(Cl)c(/C=C(\C#N)C(=O)NC3CCCCC3)cc2C(C)=CC1(C)C. The van der Waals surface area contributed by atoms with Gasteiger partial charge in [0, 0.05) is 28.9 Å². The van der Waals surface area contributed by atoms with Gasteiger partial charge in [-0.05, 0) is 69.4 Å². The van der Waals surface area contributed by atoms with Gasteiger partial charge in [-0.2, -0.15) is 5.26 Å². The first-order valence-electron chi connectivity index (χ1n) is 11.0. The monoisotopic (exact) mass is 425 g/mol. The number of nitrogens with zero attached hydrogens (tertiary/aromatic N) is 2. The summed E-state index contributed by atoms with van der Waals surface area (Å²) < 4.78 is 0. The van der Waals surface area contributed by atoms with Crippen molar-refractivity contribution in [1.82, 2.24) is 5.32 Å². The molecule has 30 heavy (non-hydrogen) atoms. The normalized spacial score (nSPS) is 19.0. The lowest BCUT2D eigenvalue weighted by Crippen LogP contribution is -2.45. The number of amides is 1. The van der Waals surface area contributed by atoms with E-state index in [4.69, 9.17) is 11.6 Å². The maximum absolute atomic E-state index is 12.7. The topological polar surface area (TPSA) is 56.1 Å². The summed E-state index contributed by atoms with van der Waals surface area (Å²) in [5, 5.41) is 13.2. The molecule has 0 bridgehead atoms. The summed E-state index contributed by atoms with van der Waals surface area (Å²) in [6.45, 7) is 9.62. The van der Waals surface area contributed by atoms with Crippen molar-refractivity contribution in [3.05, 3.63) is 39.9 Å². The zero-order valence-corrected chi connectivity index (χ0v) is 19.3. The standard InChI is InChI=1S/C25H32ClN3O/c1-5-11-29-23-14-22(26)18(13-21(23)17(2)15-25(29,3)4)12-19(16-27)24(30)28-20-9-7-6-8-10-20/h12-15,20H,5-11H2,1-4H3,(H,28,30)/b19-12+. The number of carbonyl (C=O) groups excluding carboxylic acids is 1. The largest absolute Gasteiger partial charge is 0.362 e. The van der Waals surface area contributed by atoms with Gasteiger partial charge in [0.1, 0.15) is 11.6 Å². The minimum Gasteiger partial charge on any atom is -0.362 e. The molecule has 0 saturated heterocycles. The molecule has 160 valence electrons. The summed E-state index contributed by atoms with van der Waals surface area (Å²) in [6, 6.07) is 6.21. The quantitative estimate of drug-likeness (QED) is 0.457. The molecule has 0 unspecified atom stereocenters. The molecule has 0 aromatic heterocycles. The fourth-order valence-corrected chi connectivity index (χ4v) is 4.88. The zero-order chi connectivity index (χ0) is 21.9. The first-order chi connectivity index (χ1) is 14.3. The van der Waals surface area contributed by atoms with E-state index in [1.807, 2.05) is 12.1 Å². The maximum atomic E-state index is 12.7. The van der Waals surface area contributed by atoms with E-state index in [2.05, 4.69) is 50.1 Å². The maximum Gasteiger partial charge on any atom is 0.262 e. The number of halogens is 1. The predicted octanol–water partition coefficient (Wildman–Crippen LogP) is 6.11. The Bertz CT molecular complexity index is 917. The molecule has 1 N–H and O–H groups in total. The van der Waals surface area contributed by atoms with Crippen LogP contribution in [0.25, 0.3) is 11.6 Å². The third kappa shape index (κ3) is 4.73. The Balaban J connectivity index is 1.94. The van der Waals surface area contributed by atoms with Crippen molar-refractivity contribution in [2.75, 3.05) is 11.4 Å². The molecule has 5 heteroatoms. The summed E-state index contributed by atoms with van der Waals surface area (Å²) in [5.74, 6) is -0.306. The van der Waals surface area contributed by atoms with E-state index in [0.29, 0.717) is 10.6 Å². The molecule has 4 nitrogen and oxygen atoms in total. The highest BCUT2D eigenvalue weighted by molar-refractivity contribution is 6.32. The smallest absolute Gasteiger partial charge is 0.262 e. The lowest BCUT2D eigenvalue weighted by atomic mass is 9.87. The van der Waals surface area contributed by atoms with Crippen LogP contribution in [0.15, 0.2) is 23.8 Å². The average Bonchev–Trinajstić information content (AvgIpc) is 2.70. The van der Waals surface area contributed by atoms with Crippen LogP contribution in [0.4, 0.5) is 5.69 Å². The number of rotatable bonds is 5. The molecule has 1 heterocycles. The van der Waals surface area contributed by atoms with E-state index >= 15 is 0 Å². The van der Waals surface area contributed by atoms with Gasteiger partial charge in [-0.15, -0.1) is 0 Å². The molecule has 1 fully saturated rings. The van der Waals surface area contributed by atoms with Gasteiger partial charge in [-0.25, -0.2) is 0 Å². The van der Waals surface area contributed by atoms with Crippen LogP contribution in [0.3, 0.4) is 0 Å². The van der Waals surface area contributed by atoms with Crippen LogP contribution in [0.1, 0.15) is 77.3 Å². The van der Waals surface area contributed by atoms with Gasteiger partial charge in [0.15, 0.2) is 0 Å². The highest BCUT2D eigenvalue weighted by Gasteiger charge is 2.31. The number of fused-ring (bicyclic) bond motifs is 1. The highest BCUT2D eigenvalue weighted by Crippen LogP contribution is 2.41. The molecule has 2 aliphatic rings. The Morgan fingerprint density at radius 2 is 2.03 bits per heavy atom. The molecule has 1 amide bonds. The molecule has 0 spiro atoms. The van der Waals surface area contributed by atoms with Gasteiger partial charge in [-0.3, -0.25) is 4.79 Å². The van der Waals surface area contributed by atoms with Gasteiger partial charge in [0.25, 0.3) is 5.91 Å². The van der Waals surface area contributed by atoms with Gasteiger partial charge in [-0.1, -0.05) is 43.9 Å². The van der Waals surface area contributed by atoms with Crippen molar-refractivity contribution < 1.29 is 4.79 Å². The lowest BCUT2D eigenvalue weighted by molar-refractivity contribution is -0.117. The van der Waals surface area contributed by atoms with Crippen LogP contribution in [-0.4, -0.2) is 24.0 Å². The van der Waals surface area contributed by atoms with Crippen LogP contribution < -0.4 is 10.2 Å². The van der Waals surface area contributed by atoms with Gasteiger partial charge >= 0.3 is 0 Å². The van der Waals surface area contributed by atoms with E-state index in [-0.39, 0.29) is 23.1 Å². The number of anilines is 1. The average molecular weight is 426 g/mol. The Kier molecular flexibility index (Phi) is 6.93. The Hall–Kier alpha value is -2.25. The number of benzene rings is 1.